The van der Waals surface area contributed by atoms with Crippen molar-refractivity contribution in [2.24, 2.45) is 0 Å². The maximum atomic E-state index is 13.3. The fourth-order valence-corrected chi connectivity index (χ4v) is 4.07. The molecule has 2 N–H and O–H groups in total. The fraction of sp³-hybridized carbons (Fsp3) is 0.156. The van der Waals surface area contributed by atoms with Crippen LogP contribution in [0.3, 0.4) is 0 Å². The van der Waals surface area contributed by atoms with Gasteiger partial charge in [-0.15, -0.1) is 0 Å². The van der Waals surface area contributed by atoms with E-state index in [0.717, 1.165) is 11.1 Å². The number of hydrogen-bond donors (Lipinski definition) is 2. The van der Waals surface area contributed by atoms with Crippen LogP contribution in [0.5, 0.6) is 0 Å². The number of hydrogen-bond acceptors (Lipinski definition) is 4. The summed E-state index contributed by atoms with van der Waals surface area (Å²) in [6.45, 7) is -0.0429. The normalized spacial score (nSPS) is 12.1. The molecule has 0 aliphatic heterocycles. The van der Waals surface area contributed by atoms with Gasteiger partial charge in [0.1, 0.15) is 12.6 Å². The Bertz CT molecular complexity index is 1310. The highest BCUT2D eigenvalue weighted by Crippen LogP contribution is 2.10. The Morgan fingerprint density at radius 1 is 0.553 bits per heavy atom. The zero-order chi connectivity index (χ0) is 26.6. The Hall–Kier alpha value is -4.71. The van der Waals surface area contributed by atoms with Crippen molar-refractivity contribution >= 4 is 17.8 Å². The minimum atomic E-state index is -0.896. The van der Waals surface area contributed by atoms with E-state index in [2.05, 4.69) is 10.6 Å². The van der Waals surface area contributed by atoms with Gasteiger partial charge in [-0.25, -0.2) is 4.79 Å². The predicted octanol–water partition coefficient (Wildman–Crippen LogP) is 4.61. The van der Waals surface area contributed by atoms with Crippen molar-refractivity contribution in [3.05, 3.63) is 144 Å². The highest BCUT2D eigenvalue weighted by molar-refractivity contribution is 5.97. The van der Waals surface area contributed by atoms with Gasteiger partial charge in [-0.2, -0.15) is 0 Å². The molecule has 6 nitrogen and oxygen atoms in total. The molecule has 2 atom stereocenters. The zero-order valence-corrected chi connectivity index (χ0v) is 21.0. The second-order valence-corrected chi connectivity index (χ2v) is 8.94. The molecule has 0 aliphatic carbocycles. The molecule has 192 valence electrons. The molecule has 0 fully saturated rings. The first-order valence-corrected chi connectivity index (χ1v) is 12.5. The lowest BCUT2D eigenvalue weighted by molar-refractivity contribution is -0.146. The van der Waals surface area contributed by atoms with Crippen LogP contribution in [-0.2, 0) is 22.4 Å². The quantitative estimate of drug-likeness (QED) is 0.291. The second kappa shape index (κ2) is 13.6. The van der Waals surface area contributed by atoms with E-state index in [0.29, 0.717) is 17.5 Å². The molecule has 0 saturated heterocycles. The standard InChI is InChI=1S/C32H30N2O4/c35-30(26-17-9-3-10-18-26)33-28(21-24-13-5-1-6-14-24)23-38-32(37)29(22-25-15-7-2-8-16-25)34-31(36)27-19-11-4-12-20-27/h1-20,28-29H,21-23H2,(H,33,35)(H,34,36)/t28-,29-/m1/s1. The molecular weight excluding hydrogens is 476 g/mol. The van der Waals surface area contributed by atoms with Crippen LogP contribution in [0.25, 0.3) is 0 Å². The Morgan fingerprint density at radius 2 is 0.974 bits per heavy atom. The second-order valence-electron chi connectivity index (χ2n) is 8.94. The molecule has 0 spiro atoms. The molecule has 6 heteroatoms. The molecule has 0 unspecified atom stereocenters. The van der Waals surface area contributed by atoms with Gasteiger partial charge in [-0.05, 0) is 41.8 Å². The van der Waals surface area contributed by atoms with Gasteiger partial charge < -0.3 is 15.4 Å². The van der Waals surface area contributed by atoms with Gasteiger partial charge in [0.05, 0.1) is 6.04 Å². The van der Waals surface area contributed by atoms with Crippen LogP contribution < -0.4 is 10.6 Å². The number of rotatable bonds is 11. The summed E-state index contributed by atoms with van der Waals surface area (Å²) in [7, 11) is 0. The van der Waals surface area contributed by atoms with Gasteiger partial charge in [0.2, 0.25) is 0 Å². The summed E-state index contributed by atoms with van der Waals surface area (Å²) < 4.78 is 5.72. The van der Waals surface area contributed by atoms with Gasteiger partial charge in [0.15, 0.2) is 0 Å². The van der Waals surface area contributed by atoms with Crippen molar-refractivity contribution in [2.45, 2.75) is 24.9 Å². The maximum absolute atomic E-state index is 13.3. The van der Waals surface area contributed by atoms with E-state index in [1.54, 1.807) is 48.5 Å². The lowest BCUT2D eigenvalue weighted by atomic mass is 10.0. The summed E-state index contributed by atoms with van der Waals surface area (Å²) in [6, 6.07) is 35.4. The third-order valence-electron chi connectivity index (χ3n) is 6.03. The van der Waals surface area contributed by atoms with Crippen molar-refractivity contribution in [2.75, 3.05) is 6.61 Å². The monoisotopic (exact) mass is 506 g/mol. The minimum Gasteiger partial charge on any atom is -0.462 e. The van der Waals surface area contributed by atoms with Crippen molar-refractivity contribution in [3.8, 4) is 0 Å². The van der Waals surface area contributed by atoms with E-state index >= 15 is 0 Å². The molecule has 4 rings (SSSR count). The number of benzene rings is 4. The molecule has 4 aromatic rings. The molecule has 0 radical (unpaired) electrons. The molecular formula is C32H30N2O4. The summed E-state index contributed by atoms with van der Waals surface area (Å²) in [5, 5.41) is 5.81. The van der Waals surface area contributed by atoms with Crippen LogP contribution in [0.1, 0.15) is 31.8 Å². The molecule has 2 amide bonds. The van der Waals surface area contributed by atoms with Crippen LogP contribution in [-0.4, -0.2) is 36.5 Å². The first kappa shape index (κ1) is 26.4. The average Bonchev–Trinajstić information content (AvgIpc) is 2.97. The van der Waals surface area contributed by atoms with Crippen LogP contribution in [0.4, 0.5) is 0 Å². The summed E-state index contributed by atoms with van der Waals surface area (Å²) in [4.78, 5) is 39.0. The number of amides is 2. The summed E-state index contributed by atoms with van der Waals surface area (Å²) in [5.74, 6) is -1.17. The third-order valence-corrected chi connectivity index (χ3v) is 6.03. The van der Waals surface area contributed by atoms with E-state index in [1.807, 2.05) is 72.8 Å². The lowest BCUT2D eigenvalue weighted by Gasteiger charge is -2.22. The molecule has 0 aromatic heterocycles. The Labute approximate surface area is 222 Å². The van der Waals surface area contributed by atoms with Crippen molar-refractivity contribution < 1.29 is 19.1 Å². The van der Waals surface area contributed by atoms with E-state index in [4.69, 9.17) is 4.74 Å². The van der Waals surface area contributed by atoms with Crippen molar-refractivity contribution in [3.63, 3.8) is 0 Å². The highest BCUT2D eigenvalue weighted by Gasteiger charge is 2.25. The number of ether oxygens (including phenoxy) is 1. The van der Waals surface area contributed by atoms with Crippen LogP contribution in [0.2, 0.25) is 0 Å². The van der Waals surface area contributed by atoms with E-state index in [9.17, 15) is 14.4 Å². The number of carbonyl (C=O) groups excluding carboxylic acids is 3. The molecule has 38 heavy (non-hydrogen) atoms. The SMILES string of the molecule is O=C(N[C@@H](COC(=O)[C@@H](Cc1ccccc1)NC(=O)c1ccccc1)Cc1ccccc1)c1ccccc1. The van der Waals surface area contributed by atoms with Crippen molar-refractivity contribution in [1.29, 1.82) is 0 Å². The van der Waals surface area contributed by atoms with Gasteiger partial charge in [-0.3, -0.25) is 9.59 Å². The van der Waals surface area contributed by atoms with E-state index in [1.165, 1.54) is 0 Å². The molecule has 0 saturated carbocycles. The average molecular weight is 507 g/mol. The number of nitrogens with one attached hydrogen (secondary N) is 2. The predicted molar refractivity (Wildman–Crippen MR) is 147 cm³/mol. The van der Waals surface area contributed by atoms with E-state index < -0.39 is 18.1 Å². The fourth-order valence-electron chi connectivity index (χ4n) is 4.07. The molecule has 0 aliphatic rings. The van der Waals surface area contributed by atoms with Gasteiger partial charge in [0.25, 0.3) is 11.8 Å². The summed E-state index contributed by atoms with van der Waals surface area (Å²) >= 11 is 0. The Morgan fingerprint density at radius 3 is 1.47 bits per heavy atom. The summed E-state index contributed by atoms with van der Waals surface area (Å²) in [6.07, 6.45) is 0.754. The first-order chi connectivity index (χ1) is 18.6. The van der Waals surface area contributed by atoms with Crippen LogP contribution in [0, 0.1) is 0 Å². The van der Waals surface area contributed by atoms with Crippen LogP contribution in [0.15, 0.2) is 121 Å². The van der Waals surface area contributed by atoms with Crippen molar-refractivity contribution in [1.82, 2.24) is 10.6 Å². The largest absolute Gasteiger partial charge is 0.462 e. The van der Waals surface area contributed by atoms with Crippen LogP contribution >= 0.6 is 0 Å². The lowest BCUT2D eigenvalue weighted by Crippen LogP contribution is -2.46. The minimum absolute atomic E-state index is 0.0429. The smallest absolute Gasteiger partial charge is 0.329 e. The first-order valence-electron chi connectivity index (χ1n) is 12.5. The van der Waals surface area contributed by atoms with E-state index in [-0.39, 0.29) is 24.8 Å². The van der Waals surface area contributed by atoms with Gasteiger partial charge >= 0.3 is 5.97 Å². The topological polar surface area (TPSA) is 84.5 Å². The Balaban J connectivity index is 1.47. The maximum Gasteiger partial charge on any atom is 0.329 e. The van der Waals surface area contributed by atoms with Gasteiger partial charge in [0, 0.05) is 17.5 Å². The number of carbonyl (C=O) groups is 3. The third kappa shape index (κ3) is 7.90. The zero-order valence-electron chi connectivity index (χ0n) is 21.0. The highest BCUT2D eigenvalue weighted by atomic mass is 16.5. The van der Waals surface area contributed by atoms with Gasteiger partial charge in [-0.1, -0.05) is 97.1 Å². The molecule has 0 heterocycles. The number of esters is 1. The summed E-state index contributed by atoms with van der Waals surface area (Å²) in [5.41, 5.74) is 2.87. The molecule has 0 bridgehead atoms. The Kier molecular flexibility index (Phi) is 9.40. The molecule has 4 aromatic carbocycles.